The largest absolute Gasteiger partial charge is 0.490 e. The Morgan fingerprint density at radius 3 is 2.63 bits per heavy atom. The zero-order valence-electron chi connectivity index (χ0n) is 16.2. The predicted octanol–water partition coefficient (Wildman–Crippen LogP) is 1.87. The SMILES string of the molecule is CCCOc1ccc(/C=N\NC(=O)CC(=O)NCCCOC)cc1OCC. The molecular formula is C19H29N3O5. The van der Waals surface area contributed by atoms with Crippen LogP contribution in [0.25, 0.3) is 0 Å². The maximum absolute atomic E-state index is 11.7. The summed E-state index contributed by atoms with van der Waals surface area (Å²) in [5, 5.41) is 6.52. The Hall–Kier alpha value is -2.61. The van der Waals surface area contributed by atoms with Crippen LogP contribution in [0.1, 0.15) is 38.7 Å². The summed E-state index contributed by atoms with van der Waals surface area (Å²) in [6, 6.07) is 5.40. The number of benzene rings is 1. The van der Waals surface area contributed by atoms with Crippen LogP contribution in [-0.4, -0.2) is 51.5 Å². The molecule has 0 aliphatic heterocycles. The van der Waals surface area contributed by atoms with E-state index in [0.717, 1.165) is 12.0 Å². The first-order valence-corrected chi connectivity index (χ1v) is 9.07. The molecule has 1 rings (SSSR count). The van der Waals surface area contributed by atoms with Gasteiger partial charge in [0, 0.05) is 20.3 Å². The summed E-state index contributed by atoms with van der Waals surface area (Å²) in [5.41, 5.74) is 3.08. The van der Waals surface area contributed by atoms with Crippen LogP contribution in [0.4, 0.5) is 0 Å². The van der Waals surface area contributed by atoms with Crippen molar-refractivity contribution >= 4 is 18.0 Å². The second-order valence-electron chi connectivity index (χ2n) is 5.65. The quantitative estimate of drug-likeness (QED) is 0.236. The van der Waals surface area contributed by atoms with Crippen LogP contribution in [0.15, 0.2) is 23.3 Å². The highest BCUT2D eigenvalue weighted by Gasteiger charge is 2.08. The number of rotatable bonds is 13. The molecule has 2 amide bonds. The van der Waals surface area contributed by atoms with Gasteiger partial charge in [0.1, 0.15) is 6.42 Å². The van der Waals surface area contributed by atoms with Crippen LogP contribution >= 0.6 is 0 Å². The molecule has 8 heteroatoms. The van der Waals surface area contributed by atoms with Gasteiger partial charge in [-0.2, -0.15) is 5.10 Å². The van der Waals surface area contributed by atoms with Gasteiger partial charge in [-0.1, -0.05) is 6.92 Å². The molecule has 0 heterocycles. The van der Waals surface area contributed by atoms with E-state index in [4.69, 9.17) is 14.2 Å². The highest BCUT2D eigenvalue weighted by atomic mass is 16.5. The van der Waals surface area contributed by atoms with Crippen molar-refractivity contribution in [3.63, 3.8) is 0 Å². The number of amides is 2. The minimum atomic E-state index is -0.483. The van der Waals surface area contributed by atoms with Crippen molar-refractivity contribution in [2.75, 3.05) is 33.5 Å². The van der Waals surface area contributed by atoms with Gasteiger partial charge in [0.05, 0.1) is 19.4 Å². The predicted molar refractivity (Wildman–Crippen MR) is 103 cm³/mol. The Morgan fingerprint density at radius 2 is 1.93 bits per heavy atom. The maximum Gasteiger partial charge on any atom is 0.249 e. The summed E-state index contributed by atoms with van der Waals surface area (Å²) < 4.78 is 16.1. The van der Waals surface area contributed by atoms with Gasteiger partial charge >= 0.3 is 0 Å². The molecule has 0 fully saturated rings. The standard InChI is InChI=1S/C19H29N3O5/c1-4-10-27-16-8-7-15(12-17(16)26-5-2)14-21-22-19(24)13-18(23)20-9-6-11-25-3/h7-8,12,14H,4-6,9-11,13H2,1-3H3,(H,20,23)(H,22,24)/b21-14-. The summed E-state index contributed by atoms with van der Waals surface area (Å²) in [7, 11) is 1.59. The second-order valence-corrected chi connectivity index (χ2v) is 5.65. The number of carbonyl (C=O) groups excluding carboxylic acids is 2. The van der Waals surface area contributed by atoms with E-state index in [-0.39, 0.29) is 12.3 Å². The zero-order chi connectivity index (χ0) is 19.9. The maximum atomic E-state index is 11.7. The second kappa shape index (κ2) is 13.6. The normalized spacial score (nSPS) is 10.6. The molecule has 0 aliphatic rings. The van der Waals surface area contributed by atoms with Crippen LogP contribution in [0.5, 0.6) is 11.5 Å². The smallest absolute Gasteiger partial charge is 0.249 e. The number of nitrogens with one attached hydrogen (secondary N) is 2. The minimum absolute atomic E-state index is 0.279. The molecule has 2 N–H and O–H groups in total. The zero-order valence-corrected chi connectivity index (χ0v) is 16.2. The summed E-state index contributed by atoms with van der Waals surface area (Å²) in [6.07, 6.45) is 2.81. The monoisotopic (exact) mass is 379 g/mol. The van der Waals surface area contributed by atoms with Crippen molar-refractivity contribution in [2.24, 2.45) is 5.10 Å². The van der Waals surface area contributed by atoms with Gasteiger partial charge in [-0.05, 0) is 43.5 Å². The number of hydrogen-bond donors (Lipinski definition) is 2. The average Bonchev–Trinajstić information content (AvgIpc) is 2.65. The Labute approximate surface area is 160 Å². The summed E-state index contributed by atoms with van der Waals surface area (Å²) in [4.78, 5) is 23.3. The number of hydrazone groups is 1. The lowest BCUT2D eigenvalue weighted by molar-refractivity contribution is -0.129. The molecule has 0 spiro atoms. The topological polar surface area (TPSA) is 98.2 Å². The van der Waals surface area contributed by atoms with E-state index >= 15 is 0 Å². The third kappa shape index (κ3) is 9.60. The molecule has 0 atom stereocenters. The van der Waals surface area contributed by atoms with Gasteiger partial charge in [0.2, 0.25) is 11.8 Å². The van der Waals surface area contributed by atoms with E-state index in [2.05, 4.69) is 15.8 Å². The number of ether oxygens (including phenoxy) is 3. The lowest BCUT2D eigenvalue weighted by Gasteiger charge is -2.11. The molecule has 0 unspecified atom stereocenters. The van der Waals surface area contributed by atoms with Crippen LogP contribution in [0.2, 0.25) is 0 Å². The van der Waals surface area contributed by atoms with Crippen molar-refractivity contribution in [2.45, 2.75) is 33.1 Å². The van der Waals surface area contributed by atoms with Crippen LogP contribution in [-0.2, 0) is 14.3 Å². The van der Waals surface area contributed by atoms with Gasteiger partial charge in [-0.15, -0.1) is 0 Å². The Morgan fingerprint density at radius 1 is 1.11 bits per heavy atom. The fourth-order valence-electron chi connectivity index (χ4n) is 2.08. The van der Waals surface area contributed by atoms with Gasteiger partial charge in [-0.3, -0.25) is 9.59 Å². The van der Waals surface area contributed by atoms with Crippen molar-refractivity contribution in [1.29, 1.82) is 0 Å². The van der Waals surface area contributed by atoms with Crippen molar-refractivity contribution in [3.8, 4) is 11.5 Å². The molecule has 0 saturated heterocycles. The fraction of sp³-hybridized carbons (Fsp3) is 0.526. The molecule has 0 bridgehead atoms. The Kier molecular flexibility index (Phi) is 11.3. The molecule has 1 aromatic rings. The Bertz CT molecular complexity index is 619. The van der Waals surface area contributed by atoms with Crippen LogP contribution in [0.3, 0.4) is 0 Å². The molecule has 0 saturated carbocycles. The first kappa shape index (κ1) is 22.4. The lowest BCUT2D eigenvalue weighted by atomic mass is 10.2. The highest BCUT2D eigenvalue weighted by molar-refractivity contribution is 5.97. The average molecular weight is 379 g/mol. The highest BCUT2D eigenvalue weighted by Crippen LogP contribution is 2.28. The van der Waals surface area contributed by atoms with E-state index in [0.29, 0.717) is 44.3 Å². The van der Waals surface area contributed by atoms with Crippen LogP contribution < -0.4 is 20.2 Å². The summed E-state index contributed by atoms with van der Waals surface area (Å²) in [5.74, 6) is 0.458. The van der Waals surface area contributed by atoms with E-state index in [1.165, 1.54) is 6.21 Å². The molecule has 1 aromatic carbocycles. The van der Waals surface area contributed by atoms with E-state index in [9.17, 15) is 9.59 Å². The molecule has 0 radical (unpaired) electrons. The van der Waals surface area contributed by atoms with E-state index in [1.807, 2.05) is 19.9 Å². The van der Waals surface area contributed by atoms with Gasteiger partial charge in [0.15, 0.2) is 11.5 Å². The fourth-order valence-corrected chi connectivity index (χ4v) is 2.08. The summed E-state index contributed by atoms with van der Waals surface area (Å²) in [6.45, 7) is 6.07. The number of carbonyl (C=O) groups is 2. The Balaban J connectivity index is 2.50. The molecule has 0 aromatic heterocycles. The van der Waals surface area contributed by atoms with E-state index < -0.39 is 5.91 Å². The number of hydrogen-bond acceptors (Lipinski definition) is 6. The molecule has 8 nitrogen and oxygen atoms in total. The van der Waals surface area contributed by atoms with E-state index in [1.54, 1.807) is 19.2 Å². The molecule has 27 heavy (non-hydrogen) atoms. The minimum Gasteiger partial charge on any atom is -0.490 e. The first-order valence-electron chi connectivity index (χ1n) is 9.07. The van der Waals surface area contributed by atoms with Crippen molar-refractivity contribution < 1.29 is 23.8 Å². The number of methoxy groups -OCH3 is 1. The van der Waals surface area contributed by atoms with Crippen LogP contribution in [0, 0.1) is 0 Å². The number of nitrogens with zero attached hydrogens (tertiary/aromatic N) is 1. The molecule has 0 aliphatic carbocycles. The van der Waals surface area contributed by atoms with Crippen molar-refractivity contribution in [1.82, 2.24) is 10.7 Å². The van der Waals surface area contributed by atoms with Crippen molar-refractivity contribution in [3.05, 3.63) is 23.8 Å². The lowest BCUT2D eigenvalue weighted by Crippen LogP contribution is -2.30. The molecule has 150 valence electrons. The molecular weight excluding hydrogens is 350 g/mol. The third-order valence-corrected chi connectivity index (χ3v) is 3.30. The first-order chi connectivity index (χ1) is 13.1. The van der Waals surface area contributed by atoms with Gasteiger partial charge < -0.3 is 19.5 Å². The van der Waals surface area contributed by atoms with Gasteiger partial charge in [-0.25, -0.2) is 5.43 Å². The third-order valence-electron chi connectivity index (χ3n) is 3.30. The summed E-state index contributed by atoms with van der Waals surface area (Å²) >= 11 is 0. The van der Waals surface area contributed by atoms with Gasteiger partial charge in [0.25, 0.3) is 0 Å².